The minimum absolute atomic E-state index is 0.175. The normalized spacial score (nSPS) is 21.0. The molecule has 1 amide bonds. The van der Waals surface area contributed by atoms with Gasteiger partial charge >= 0.3 is 16.4 Å². The monoisotopic (exact) mass is 351 g/mol. The first kappa shape index (κ1) is 17.0. The van der Waals surface area contributed by atoms with E-state index in [9.17, 15) is 17.6 Å². The van der Waals surface area contributed by atoms with Crippen molar-refractivity contribution in [2.24, 2.45) is 0 Å². The molecule has 2 rings (SSSR count). The number of amides is 1. The molecule has 0 saturated carbocycles. The fourth-order valence-electron chi connectivity index (χ4n) is 1.91. The molecule has 1 aliphatic heterocycles. The van der Waals surface area contributed by atoms with Gasteiger partial charge in [-0.25, -0.2) is 9.18 Å². The molecular formula is C13H15ClFNO5S. The summed E-state index contributed by atoms with van der Waals surface area (Å²) in [7, 11) is -4.26. The summed E-state index contributed by atoms with van der Waals surface area (Å²) < 4.78 is 47.3. The van der Waals surface area contributed by atoms with Gasteiger partial charge in [0, 0.05) is 0 Å². The zero-order valence-corrected chi connectivity index (χ0v) is 13.7. The summed E-state index contributed by atoms with van der Waals surface area (Å²) in [5.41, 5.74) is -0.543. The number of benzene rings is 1. The maximum absolute atomic E-state index is 13.2. The van der Waals surface area contributed by atoms with Crippen molar-refractivity contribution >= 4 is 28.0 Å². The number of ether oxygens (including phenoxy) is 1. The largest absolute Gasteiger partial charge is 0.443 e. The zero-order chi connectivity index (χ0) is 16.7. The highest BCUT2D eigenvalue weighted by Gasteiger charge is 2.45. The first-order valence-corrected chi connectivity index (χ1v) is 8.12. The summed E-state index contributed by atoms with van der Waals surface area (Å²) in [6.07, 6.45) is -1.06. The highest BCUT2D eigenvalue weighted by molar-refractivity contribution is 7.85. The van der Waals surface area contributed by atoms with Crippen LogP contribution in [-0.4, -0.2) is 31.0 Å². The molecule has 122 valence electrons. The molecule has 22 heavy (non-hydrogen) atoms. The molecule has 0 spiro atoms. The average Bonchev–Trinajstić information content (AvgIpc) is 2.66. The summed E-state index contributed by atoms with van der Waals surface area (Å²) in [5, 5.41) is -0.175. The maximum Gasteiger partial charge on any atom is 0.426 e. The van der Waals surface area contributed by atoms with E-state index in [0.717, 1.165) is 6.07 Å². The number of carbonyl (C=O) groups excluding carboxylic acids is 1. The zero-order valence-electron chi connectivity index (χ0n) is 12.2. The van der Waals surface area contributed by atoms with Gasteiger partial charge in [-0.3, -0.25) is 4.18 Å². The average molecular weight is 352 g/mol. The minimum Gasteiger partial charge on any atom is -0.443 e. The highest BCUT2D eigenvalue weighted by atomic mass is 35.5. The second-order valence-corrected chi connectivity index (χ2v) is 7.60. The molecule has 0 bridgehead atoms. The van der Waals surface area contributed by atoms with Crippen LogP contribution in [0, 0.1) is 5.82 Å². The van der Waals surface area contributed by atoms with Gasteiger partial charge in [0.25, 0.3) is 0 Å². The van der Waals surface area contributed by atoms with Gasteiger partial charge in [0.1, 0.15) is 17.5 Å². The van der Waals surface area contributed by atoms with Crippen LogP contribution in [0.15, 0.2) is 18.2 Å². The van der Waals surface area contributed by atoms with Crippen LogP contribution in [0.25, 0.3) is 0 Å². The van der Waals surface area contributed by atoms with Crippen molar-refractivity contribution in [1.82, 2.24) is 4.31 Å². The predicted octanol–water partition coefficient (Wildman–Crippen LogP) is 3.03. The van der Waals surface area contributed by atoms with E-state index in [2.05, 4.69) is 4.18 Å². The Morgan fingerprint density at radius 1 is 1.45 bits per heavy atom. The third kappa shape index (κ3) is 3.50. The summed E-state index contributed by atoms with van der Waals surface area (Å²) in [6, 6.07) is 2.73. The third-order valence-corrected chi connectivity index (χ3v) is 4.41. The fourth-order valence-corrected chi connectivity index (χ4v) is 3.22. The minimum atomic E-state index is -4.26. The SMILES string of the molecule is CC(C)(C)OC(=O)N1C(c2ccc(F)c(Cl)c2)COS1(=O)=O. The van der Waals surface area contributed by atoms with E-state index in [1.54, 1.807) is 20.8 Å². The molecule has 1 aromatic rings. The van der Waals surface area contributed by atoms with Crippen LogP contribution >= 0.6 is 11.6 Å². The lowest BCUT2D eigenvalue weighted by Crippen LogP contribution is -2.39. The van der Waals surface area contributed by atoms with Gasteiger partial charge in [-0.1, -0.05) is 17.7 Å². The molecule has 0 N–H and O–H groups in total. The number of halogens is 2. The first-order chi connectivity index (χ1) is 10.0. The third-order valence-electron chi connectivity index (χ3n) is 2.80. The van der Waals surface area contributed by atoms with Gasteiger partial charge in [-0.15, -0.1) is 0 Å². The fraction of sp³-hybridized carbons (Fsp3) is 0.462. The van der Waals surface area contributed by atoms with E-state index in [-0.39, 0.29) is 11.6 Å². The molecule has 0 radical (unpaired) electrons. The quantitative estimate of drug-likeness (QED) is 0.777. The van der Waals surface area contributed by atoms with Crippen LogP contribution in [-0.2, 0) is 19.2 Å². The number of rotatable bonds is 1. The molecule has 1 saturated heterocycles. The van der Waals surface area contributed by atoms with Crippen molar-refractivity contribution in [3.8, 4) is 0 Å². The number of carbonyl (C=O) groups is 1. The topological polar surface area (TPSA) is 72.9 Å². The van der Waals surface area contributed by atoms with E-state index in [1.807, 2.05) is 0 Å². The van der Waals surface area contributed by atoms with Crippen LogP contribution < -0.4 is 0 Å². The standard InChI is InChI=1S/C13H15ClFNO5S/c1-13(2,3)21-12(17)16-11(7-20-22(16,18)19)8-4-5-10(15)9(14)6-8/h4-6,11H,7H2,1-3H3. The molecule has 0 aliphatic carbocycles. The van der Waals surface area contributed by atoms with Crippen molar-refractivity contribution in [1.29, 1.82) is 0 Å². The maximum atomic E-state index is 13.2. The Bertz CT molecular complexity index is 701. The van der Waals surface area contributed by atoms with Gasteiger partial charge in [0.15, 0.2) is 0 Å². The Labute approximate surface area is 133 Å². The van der Waals surface area contributed by atoms with Gasteiger partial charge in [0.2, 0.25) is 0 Å². The van der Waals surface area contributed by atoms with E-state index in [4.69, 9.17) is 16.3 Å². The van der Waals surface area contributed by atoms with Crippen molar-refractivity contribution in [3.05, 3.63) is 34.6 Å². The number of nitrogens with zero attached hydrogens (tertiary/aromatic N) is 1. The summed E-state index contributed by atoms with van der Waals surface area (Å²) >= 11 is 5.70. The van der Waals surface area contributed by atoms with E-state index < -0.39 is 33.9 Å². The molecule has 0 aromatic heterocycles. The summed E-state index contributed by atoms with van der Waals surface area (Å²) in [5.74, 6) is -0.643. The van der Waals surface area contributed by atoms with E-state index in [1.165, 1.54) is 12.1 Å². The molecule has 1 aliphatic rings. The Morgan fingerprint density at radius 2 is 2.09 bits per heavy atom. The Hall–Kier alpha value is -1.38. The van der Waals surface area contributed by atoms with Crippen LogP contribution in [0.1, 0.15) is 32.4 Å². The number of hydrogen-bond acceptors (Lipinski definition) is 5. The van der Waals surface area contributed by atoms with Crippen LogP contribution in [0.5, 0.6) is 0 Å². The molecule has 1 heterocycles. The predicted molar refractivity (Wildman–Crippen MR) is 77.1 cm³/mol. The van der Waals surface area contributed by atoms with E-state index in [0.29, 0.717) is 9.87 Å². The first-order valence-electron chi connectivity index (χ1n) is 6.38. The lowest BCUT2D eigenvalue weighted by Gasteiger charge is -2.26. The van der Waals surface area contributed by atoms with Crippen molar-refractivity contribution in [2.75, 3.05) is 6.61 Å². The second kappa shape index (κ2) is 5.68. The highest BCUT2D eigenvalue weighted by Crippen LogP contribution is 2.34. The molecule has 1 unspecified atom stereocenters. The van der Waals surface area contributed by atoms with Crippen LogP contribution in [0.3, 0.4) is 0 Å². The molecule has 1 aromatic carbocycles. The van der Waals surface area contributed by atoms with Crippen LogP contribution in [0.2, 0.25) is 5.02 Å². The van der Waals surface area contributed by atoms with Crippen LogP contribution in [0.4, 0.5) is 9.18 Å². The van der Waals surface area contributed by atoms with Gasteiger partial charge in [-0.2, -0.15) is 12.7 Å². The Balaban J connectivity index is 2.38. The van der Waals surface area contributed by atoms with Crippen molar-refractivity contribution < 1.29 is 26.5 Å². The lowest BCUT2D eigenvalue weighted by atomic mass is 10.1. The molecular weight excluding hydrogens is 337 g/mol. The van der Waals surface area contributed by atoms with Crippen molar-refractivity contribution in [3.63, 3.8) is 0 Å². The second-order valence-electron chi connectivity index (χ2n) is 5.71. The smallest absolute Gasteiger partial charge is 0.426 e. The Kier molecular flexibility index (Phi) is 4.38. The van der Waals surface area contributed by atoms with Gasteiger partial charge < -0.3 is 4.74 Å². The number of hydrogen-bond donors (Lipinski definition) is 0. The van der Waals surface area contributed by atoms with Gasteiger partial charge in [0.05, 0.1) is 11.6 Å². The van der Waals surface area contributed by atoms with Crippen molar-refractivity contribution in [2.45, 2.75) is 32.4 Å². The molecule has 9 heteroatoms. The lowest BCUT2D eigenvalue weighted by molar-refractivity contribution is 0.0356. The molecule has 6 nitrogen and oxygen atoms in total. The Morgan fingerprint density at radius 3 is 2.64 bits per heavy atom. The molecule has 1 atom stereocenters. The van der Waals surface area contributed by atoms with Gasteiger partial charge in [-0.05, 0) is 38.5 Å². The summed E-state index contributed by atoms with van der Waals surface area (Å²) in [6.45, 7) is 4.54. The summed E-state index contributed by atoms with van der Waals surface area (Å²) in [4.78, 5) is 12.1. The molecule has 1 fully saturated rings. The van der Waals surface area contributed by atoms with E-state index >= 15 is 0 Å².